The summed E-state index contributed by atoms with van der Waals surface area (Å²) in [6.45, 7) is 2.05. The summed E-state index contributed by atoms with van der Waals surface area (Å²) in [5, 5.41) is 9.61. The highest BCUT2D eigenvalue weighted by Crippen LogP contribution is 2.32. The molecule has 6 heterocycles. The number of aromatic amines is 2. The predicted molar refractivity (Wildman–Crippen MR) is 118 cm³/mol. The van der Waals surface area contributed by atoms with Crippen LogP contribution in [0.3, 0.4) is 0 Å². The van der Waals surface area contributed by atoms with Gasteiger partial charge in [-0.3, -0.25) is 10.1 Å². The molecule has 0 aliphatic heterocycles. The third kappa shape index (κ3) is 2.61. The number of hydrogen-bond donors (Lipinski definition) is 2. The summed E-state index contributed by atoms with van der Waals surface area (Å²) >= 11 is 1.69. The molecule has 30 heavy (non-hydrogen) atoms. The molecule has 0 atom stereocenters. The minimum absolute atomic E-state index is 0.639. The zero-order valence-corrected chi connectivity index (χ0v) is 16.7. The lowest BCUT2D eigenvalue weighted by Gasteiger charge is -2.04. The Labute approximate surface area is 174 Å². The second-order valence-corrected chi connectivity index (χ2v) is 7.92. The SMILES string of the molecule is Cc1ccncc1-c1ccc2[nH]nc(-c3nc4nccc(-c5cccs5)c4[nH]3)c2n1. The van der Waals surface area contributed by atoms with Gasteiger partial charge in [0.25, 0.3) is 0 Å². The second-order valence-electron chi connectivity index (χ2n) is 6.98. The van der Waals surface area contributed by atoms with Crippen LogP contribution < -0.4 is 0 Å². The van der Waals surface area contributed by atoms with Crippen molar-refractivity contribution in [2.24, 2.45) is 0 Å². The molecule has 8 heteroatoms. The molecule has 0 unspecified atom stereocenters. The molecule has 7 nitrogen and oxygen atoms in total. The molecule has 0 saturated carbocycles. The van der Waals surface area contributed by atoms with E-state index in [9.17, 15) is 0 Å². The average molecular weight is 409 g/mol. The van der Waals surface area contributed by atoms with Crippen LogP contribution in [0, 0.1) is 6.92 Å². The zero-order valence-electron chi connectivity index (χ0n) is 15.9. The minimum atomic E-state index is 0.639. The normalized spacial score (nSPS) is 11.5. The number of rotatable bonds is 3. The second kappa shape index (κ2) is 6.57. The third-order valence-corrected chi connectivity index (χ3v) is 6.03. The van der Waals surface area contributed by atoms with Crippen molar-refractivity contribution in [1.82, 2.24) is 35.1 Å². The summed E-state index contributed by atoms with van der Waals surface area (Å²) in [6, 6.07) is 12.1. The van der Waals surface area contributed by atoms with Crippen molar-refractivity contribution in [3.05, 3.63) is 65.9 Å². The molecule has 0 spiro atoms. The van der Waals surface area contributed by atoms with Crippen molar-refractivity contribution in [3.8, 4) is 33.2 Å². The van der Waals surface area contributed by atoms with Crippen LogP contribution in [-0.2, 0) is 0 Å². The van der Waals surface area contributed by atoms with E-state index in [2.05, 4.69) is 43.5 Å². The number of aromatic nitrogens is 7. The van der Waals surface area contributed by atoms with Crippen LogP contribution in [0.4, 0.5) is 0 Å². The van der Waals surface area contributed by atoms with Gasteiger partial charge in [-0.15, -0.1) is 11.3 Å². The van der Waals surface area contributed by atoms with Crippen LogP contribution >= 0.6 is 11.3 Å². The van der Waals surface area contributed by atoms with E-state index in [0.29, 0.717) is 17.2 Å². The first-order chi connectivity index (χ1) is 14.8. The minimum Gasteiger partial charge on any atom is -0.335 e. The van der Waals surface area contributed by atoms with Crippen LogP contribution in [0.1, 0.15) is 5.56 Å². The summed E-state index contributed by atoms with van der Waals surface area (Å²) in [6.07, 6.45) is 5.40. The fourth-order valence-electron chi connectivity index (χ4n) is 3.61. The van der Waals surface area contributed by atoms with Gasteiger partial charge in [-0.2, -0.15) is 5.10 Å². The Bertz CT molecular complexity index is 1510. The maximum Gasteiger partial charge on any atom is 0.178 e. The topological polar surface area (TPSA) is 96.0 Å². The lowest BCUT2D eigenvalue weighted by atomic mass is 10.1. The van der Waals surface area contributed by atoms with Gasteiger partial charge in [0.1, 0.15) is 5.52 Å². The lowest BCUT2D eigenvalue weighted by molar-refractivity contribution is 1.10. The Morgan fingerprint density at radius 1 is 0.967 bits per heavy atom. The van der Waals surface area contributed by atoms with Crippen molar-refractivity contribution in [1.29, 1.82) is 0 Å². The highest BCUT2D eigenvalue weighted by atomic mass is 32.1. The van der Waals surface area contributed by atoms with Gasteiger partial charge in [-0.1, -0.05) is 6.07 Å². The summed E-state index contributed by atoms with van der Waals surface area (Å²) in [5.74, 6) is 0.639. The molecule has 0 fully saturated rings. The van der Waals surface area contributed by atoms with E-state index >= 15 is 0 Å². The molecule has 0 aliphatic rings. The summed E-state index contributed by atoms with van der Waals surface area (Å²) < 4.78 is 0. The van der Waals surface area contributed by atoms with Crippen LogP contribution in [0.5, 0.6) is 0 Å². The molecule has 0 radical (unpaired) electrons. The maximum absolute atomic E-state index is 4.87. The monoisotopic (exact) mass is 409 g/mol. The Kier molecular flexibility index (Phi) is 3.72. The summed E-state index contributed by atoms with van der Waals surface area (Å²) in [7, 11) is 0. The van der Waals surface area contributed by atoms with Crippen LogP contribution in [0.25, 0.3) is 55.4 Å². The van der Waals surface area contributed by atoms with Gasteiger partial charge >= 0.3 is 0 Å². The summed E-state index contributed by atoms with van der Waals surface area (Å²) in [5.41, 5.74) is 7.88. The van der Waals surface area contributed by atoms with Gasteiger partial charge in [0, 0.05) is 34.6 Å². The number of aryl methyl sites for hydroxylation is 1. The Morgan fingerprint density at radius 3 is 2.80 bits per heavy atom. The maximum atomic E-state index is 4.87. The quantitative estimate of drug-likeness (QED) is 0.429. The number of imidazole rings is 1. The predicted octanol–water partition coefficient (Wildman–Crippen LogP) is 5.00. The number of hydrogen-bond acceptors (Lipinski definition) is 6. The molecule has 6 aromatic rings. The van der Waals surface area contributed by atoms with Crippen molar-refractivity contribution in [2.75, 3.05) is 0 Å². The van der Waals surface area contributed by atoms with Gasteiger partial charge < -0.3 is 4.98 Å². The van der Waals surface area contributed by atoms with E-state index in [4.69, 9.17) is 9.97 Å². The van der Waals surface area contributed by atoms with Crippen LogP contribution in [0.15, 0.2) is 60.4 Å². The van der Waals surface area contributed by atoms with Gasteiger partial charge in [-0.25, -0.2) is 15.0 Å². The first-order valence-electron chi connectivity index (χ1n) is 9.43. The number of pyridine rings is 3. The Balaban J connectivity index is 1.53. The molecular formula is C22H15N7S. The zero-order chi connectivity index (χ0) is 20.1. The fraction of sp³-hybridized carbons (Fsp3) is 0.0455. The first-order valence-corrected chi connectivity index (χ1v) is 10.3. The fourth-order valence-corrected chi connectivity index (χ4v) is 4.36. The third-order valence-electron chi connectivity index (χ3n) is 5.13. The van der Waals surface area contributed by atoms with Gasteiger partial charge in [0.05, 0.1) is 16.7 Å². The molecule has 144 valence electrons. The standard InChI is InChI=1S/C22H15N7S/c1-12-6-8-23-11-14(12)15-4-5-16-19(25-15)20(29-28-16)22-26-18-13(17-3-2-10-30-17)7-9-24-21(18)27-22/h2-11H,1H3,(H,28,29)(H,24,26,27). The molecule has 6 rings (SSSR count). The van der Waals surface area contributed by atoms with E-state index in [0.717, 1.165) is 43.8 Å². The highest BCUT2D eigenvalue weighted by molar-refractivity contribution is 7.13. The van der Waals surface area contributed by atoms with E-state index in [1.807, 2.05) is 36.5 Å². The van der Waals surface area contributed by atoms with E-state index in [1.165, 1.54) is 0 Å². The van der Waals surface area contributed by atoms with Gasteiger partial charge in [0.2, 0.25) is 0 Å². The number of nitrogens with one attached hydrogen (secondary N) is 2. The van der Waals surface area contributed by atoms with Crippen molar-refractivity contribution >= 4 is 33.5 Å². The van der Waals surface area contributed by atoms with Crippen molar-refractivity contribution in [3.63, 3.8) is 0 Å². The van der Waals surface area contributed by atoms with E-state index in [-0.39, 0.29) is 0 Å². The molecular weight excluding hydrogens is 394 g/mol. The molecule has 6 aromatic heterocycles. The average Bonchev–Trinajstić information content (AvgIpc) is 3.51. The first kappa shape index (κ1) is 17.0. The number of nitrogens with zero attached hydrogens (tertiary/aromatic N) is 5. The van der Waals surface area contributed by atoms with Crippen molar-refractivity contribution in [2.45, 2.75) is 6.92 Å². The number of H-pyrrole nitrogens is 2. The lowest BCUT2D eigenvalue weighted by Crippen LogP contribution is -1.90. The molecule has 0 aromatic carbocycles. The van der Waals surface area contributed by atoms with Crippen LogP contribution in [0.2, 0.25) is 0 Å². The number of fused-ring (bicyclic) bond motifs is 2. The Hall–Kier alpha value is -3.91. The van der Waals surface area contributed by atoms with Crippen molar-refractivity contribution < 1.29 is 0 Å². The largest absolute Gasteiger partial charge is 0.335 e. The smallest absolute Gasteiger partial charge is 0.178 e. The van der Waals surface area contributed by atoms with Crippen LogP contribution in [-0.4, -0.2) is 35.1 Å². The molecule has 0 bridgehead atoms. The highest BCUT2D eigenvalue weighted by Gasteiger charge is 2.17. The molecule has 0 amide bonds. The molecule has 0 aliphatic carbocycles. The molecule has 0 saturated heterocycles. The van der Waals surface area contributed by atoms with Gasteiger partial charge in [-0.05, 0) is 48.2 Å². The van der Waals surface area contributed by atoms with E-state index < -0.39 is 0 Å². The molecule has 2 N–H and O–H groups in total. The Morgan fingerprint density at radius 2 is 1.93 bits per heavy atom. The van der Waals surface area contributed by atoms with E-state index in [1.54, 1.807) is 23.7 Å². The van der Waals surface area contributed by atoms with Gasteiger partial charge in [0.15, 0.2) is 17.2 Å². The number of thiophene rings is 1. The summed E-state index contributed by atoms with van der Waals surface area (Å²) in [4.78, 5) is 22.8.